The molecule has 0 saturated carbocycles. The second kappa shape index (κ2) is 7.85. The first-order chi connectivity index (χ1) is 14.7. The van der Waals surface area contributed by atoms with Crippen molar-refractivity contribution in [3.63, 3.8) is 0 Å². The molecule has 8 heteroatoms. The van der Waals surface area contributed by atoms with Gasteiger partial charge in [0.25, 0.3) is 5.91 Å². The van der Waals surface area contributed by atoms with Gasteiger partial charge in [-0.25, -0.2) is 9.97 Å². The first kappa shape index (κ1) is 18.7. The van der Waals surface area contributed by atoms with Crippen LogP contribution in [0.4, 0.5) is 5.95 Å². The number of carbonyl (C=O) groups is 1. The minimum absolute atomic E-state index is 0.0164. The number of benzene rings is 1. The molecule has 5 rings (SSSR count). The fourth-order valence-corrected chi connectivity index (χ4v) is 4.28. The maximum Gasteiger partial charge on any atom is 0.256 e. The van der Waals surface area contributed by atoms with Crippen molar-refractivity contribution >= 4 is 11.9 Å². The Morgan fingerprint density at radius 3 is 2.73 bits per heavy atom. The molecule has 0 radical (unpaired) electrons. The summed E-state index contributed by atoms with van der Waals surface area (Å²) < 4.78 is 0. The van der Waals surface area contributed by atoms with Crippen LogP contribution in [0.15, 0.2) is 36.8 Å². The van der Waals surface area contributed by atoms with Gasteiger partial charge in [-0.3, -0.25) is 4.79 Å². The Kier molecular flexibility index (Phi) is 4.90. The predicted octanol–water partition coefficient (Wildman–Crippen LogP) is 2.21. The Hall–Kier alpha value is -3.29. The van der Waals surface area contributed by atoms with Crippen molar-refractivity contribution in [3.05, 3.63) is 59.2 Å². The number of hydrogen-bond donors (Lipinski definition) is 0. The zero-order valence-corrected chi connectivity index (χ0v) is 17.2. The number of amides is 1. The van der Waals surface area contributed by atoms with Crippen LogP contribution in [0, 0.1) is 6.92 Å². The van der Waals surface area contributed by atoms with E-state index in [2.05, 4.69) is 20.1 Å². The van der Waals surface area contributed by atoms with Crippen molar-refractivity contribution in [3.8, 4) is 5.69 Å². The Balaban J connectivity index is 1.35. The van der Waals surface area contributed by atoms with Crippen molar-refractivity contribution in [2.75, 3.05) is 31.1 Å². The Morgan fingerprint density at radius 1 is 1.00 bits per heavy atom. The highest BCUT2D eigenvalue weighted by Crippen LogP contribution is 2.23. The zero-order chi connectivity index (χ0) is 20.5. The van der Waals surface area contributed by atoms with Crippen LogP contribution in [0.3, 0.4) is 0 Å². The lowest BCUT2D eigenvalue weighted by Crippen LogP contribution is -2.36. The third-order valence-corrected chi connectivity index (χ3v) is 5.88. The number of hydrogen-bond acceptors (Lipinski definition) is 6. The van der Waals surface area contributed by atoms with Gasteiger partial charge in [0, 0.05) is 38.1 Å². The SMILES string of the molecule is Cc1ccc(-n2nccn2)c(C(=O)N2CCCN(c3ncc4c(n3)CCC4)CC2)c1. The van der Waals surface area contributed by atoms with Crippen molar-refractivity contribution in [1.29, 1.82) is 0 Å². The molecule has 1 fully saturated rings. The first-order valence-electron chi connectivity index (χ1n) is 10.6. The zero-order valence-electron chi connectivity index (χ0n) is 17.2. The van der Waals surface area contributed by atoms with E-state index in [1.165, 1.54) is 22.5 Å². The minimum Gasteiger partial charge on any atom is -0.339 e. The molecule has 0 unspecified atom stereocenters. The summed E-state index contributed by atoms with van der Waals surface area (Å²) in [5.41, 5.74) is 4.85. The van der Waals surface area contributed by atoms with E-state index in [4.69, 9.17) is 4.98 Å². The molecule has 1 aromatic carbocycles. The molecule has 1 aliphatic carbocycles. The summed E-state index contributed by atoms with van der Waals surface area (Å²) >= 11 is 0. The maximum atomic E-state index is 13.4. The fraction of sp³-hybridized carbons (Fsp3) is 0.409. The van der Waals surface area contributed by atoms with Crippen LogP contribution < -0.4 is 4.90 Å². The Morgan fingerprint density at radius 2 is 1.87 bits per heavy atom. The van der Waals surface area contributed by atoms with Gasteiger partial charge in [-0.1, -0.05) is 11.6 Å². The second-order valence-electron chi connectivity index (χ2n) is 7.97. The summed E-state index contributed by atoms with van der Waals surface area (Å²) in [4.78, 5) is 28.5. The van der Waals surface area contributed by atoms with Crippen molar-refractivity contribution in [1.82, 2.24) is 29.9 Å². The van der Waals surface area contributed by atoms with Gasteiger partial charge in [0.1, 0.15) is 0 Å². The second-order valence-corrected chi connectivity index (χ2v) is 7.97. The summed E-state index contributed by atoms with van der Waals surface area (Å²) in [5.74, 6) is 0.810. The third kappa shape index (κ3) is 3.53. The van der Waals surface area contributed by atoms with E-state index in [9.17, 15) is 4.79 Å². The molecule has 1 amide bonds. The number of aryl methyl sites for hydroxylation is 3. The van der Waals surface area contributed by atoms with Crippen LogP contribution in [-0.2, 0) is 12.8 Å². The number of aromatic nitrogens is 5. The molecule has 0 N–H and O–H groups in total. The van der Waals surface area contributed by atoms with E-state index < -0.39 is 0 Å². The van der Waals surface area contributed by atoms with Gasteiger partial charge in [0.05, 0.1) is 23.6 Å². The van der Waals surface area contributed by atoms with E-state index in [0.717, 1.165) is 43.9 Å². The number of rotatable bonds is 3. The van der Waals surface area contributed by atoms with Crippen LogP contribution in [0.1, 0.15) is 40.0 Å². The summed E-state index contributed by atoms with van der Waals surface area (Å²) in [6.07, 6.45) is 9.40. The van der Waals surface area contributed by atoms with Gasteiger partial charge < -0.3 is 9.80 Å². The van der Waals surface area contributed by atoms with E-state index in [-0.39, 0.29) is 5.91 Å². The lowest BCUT2D eigenvalue weighted by Gasteiger charge is -2.23. The van der Waals surface area contributed by atoms with Crippen LogP contribution in [0.2, 0.25) is 0 Å². The molecule has 154 valence electrons. The molecular formula is C22H25N7O. The predicted molar refractivity (Wildman–Crippen MR) is 113 cm³/mol. The topological polar surface area (TPSA) is 80.0 Å². The Bertz CT molecular complexity index is 1060. The van der Waals surface area contributed by atoms with Crippen LogP contribution in [-0.4, -0.2) is 61.9 Å². The molecule has 0 atom stereocenters. The summed E-state index contributed by atoms with van der Waals surface area (Å²) in [6, 6.07) is 5.81. The number of carbonyl (C=O) groups excluding carboxylic acids is 1. The summed E-state index contributed by atoms with van der Waals surface area (Å²) in [6.45, 7) is 4.92. The fourth-order valence-electron chi connectivity index (χ4n) is 4.28. The highest BCUT2D eigenvalue weighted by atomic mass is 16.2. The van der Waals surface area contributed by atoms with Crippen molar-refractivity contribution in [2.45, 2.75) is 32.6 Å². The average molecular weight is 403 g/mol. The normalized spacial score (nSPS) is 16.4. The van der Waals surface area contributed by atoms with E-state index in [1.54, 1.807) is 12.4 Å². The molecule has 1 saturated heterocycles. The van der Waals surface area contributed by atoms with Gasteiger partial charge in [0.2, 0.25) is 5.95 Å². The molecule has 0 bridgehead atoms. The van der Waals surface area contributed by atoms with E-state index in [0.29, 0.717) is 24.3 Å². The number of anilines is 1. The molecule has 2 aromatic heterocycles. The van der Waals surface area contributed by atoms with E-state index in [1.807, 2.05) is 36.2 Å². The maximum absolute atomic E-state index is 13.4. The van der Waals surface area contributed by atoms with Crippen molar-refractivity contribution < 1.29 is 4.79 Å². The van der Waals surface area contributed by atoms with Crippen LogP contribution in [0.25, 0.3) is 5.69 Å². The number of nitrogens with zero attached hydrogens (tertiary/aromatic N) is 7. The summed E-state index contributed by atoms with van der Waals surface area (Å²) in [5, 5.41) is 8.43. The molecule has 2 aliphatic rings. The molecule has 3 aromatic rings. The standard InChI is InChI=1S/C22H25N7O/c1-16-6-7-20(29-24-8-9-25-29)18(14-16)21(30)27-10-3-11-28(13-12-27)22-23-15-17-4-2-5-19(17)26-22/h6-9,14-15H,2-5,10-13H2,1H3. The van der Waals surface area contributed by atoms with Gasteiger partial charge in [-0.2, -0.15) is 15.0 Å². The minimum atomic E-state index is 0.0164. The van der Waals surface area contributed by atoms with Crippen molar-refractivity contribution in [2.24, 2.45) is 0 Å². The monoisotopic (exact) mass is 403 g/mol. The van der Waals surface area contributed by atoms with Gasteiger partial charge >= 0.3 is 0 Å². The molecule has 1 aliphatic heterocycles. The first-order valence-corrected chi connectivity index (χ1v) is 10.6. The van der Waals surface area contributed by atoms with Gasteiger partial charge in [-0.15, -0.1) is 0 Å². The summed E-state index contributed by atoms with van der Waals surface area (Å²) in [7, 11) is 0. The largest absolute Gasteiger partial charge is 0.339 e. The molecule has 30 heavy (non-hydrogen) atoms. The third-order valence-electron chi connectivity index (χ3n) is 5.88. The molecular weight excluding hydrogens is 378 g/mol. The highest BCUT2D eigenvalue weighted by molar-refractivity contribution is 5.98. The number of fused-ring (bicyclic) bond motifs is 1. The molecule has 3 heterocycles. The van der Waals surface area contributed by atoms with E-state index >= 15 is 0 Å². The van der Waals surface area contributed by atoms with Crippen LogP contribution in [0.5, 0.6) is 0 Å². The molecule has 0 spiro atoms. The lowest BCUT2D eigenvalue weighted by atomic mass is 10.1. The smallest absolute Gasteiger partial charge is 0.256 e. The quantitative estimate of drug-likeness (QED) is 0.667. The Labute approximate surface area is 175 Å². The van der Waals surface area contributed by atoms with Gasteiger partial charge in [-0.05, 0) is 50.3 Å². The van der Waals surface area contributed by atoms with Crippen LogP contribution >= 0.6 is 0 Å². The van der Waals surface area contributed by atoms with Gasteiger partial charge in [0.15, 0.2) is 0 Å². The molecule has 8 nitrogen and oxygen atoms in total. The lowest BCUT2D eigenvalue weighted by molar-refractivity contribution is 0.0766. The highest BCUT2D eigenvalue weighted by Gasteiger charge is 2.25. The average Bonchev–Trinajstić information content (AvgIpc) is 3.40.